The van der Waals surface area contributed by atoms with Gasteiger partial charge in [0.15, 0.2) is 0 Å². The van der Waals surface area contributed by atoms with Crippen LogP contribution in [0.4, 0.5) is 22.7 Å². The molecule has 0 unspecified atom stereocenters. The number of ether oxygens (including phenoxy) is 1. The van der Waals surface area contributed by atoms with Crippen LogP contribution >= 0.6 is 0 Å². The molecule has 1 aliphatic rings. The van der Waals surface area contributed by atoms with E-state index in [1.165, 1.54) is 28.8 Å². The van der Waals surface area contributed by atoms with Crippen LogP contribution in [0, 0.1) is 0 Å². The minimum Gasteiger partial charge on any atom is -0.457 e. The molecule has 5 nitrogen and oxygen atoms in total. The summed E-state index contributed by atoms with van der Waals surface area (Å²) in [7, 11) is 0. The third-order valence-electron chi connectivity index (χ3n) is 14.2. The maximum Gasteiger partial charge on any atom is 0.137 e. The van der Waals surface area contributed by atoms with Crippen molar-refractivity contribution in [2.75, 3.05) is 16.5 Å². The lowest BCUT2D eigenvalue weighted by molar-refractivity contribution is 0.483. The molecule has 0 saturated heterocycles. The third kappa shape index (κ3) is 8.90. The van der Waals surface area contributed by atoms with E-state index in [1.54, 1.807) is 29.2 Å². The van der Waals surface area contributed by atoms with Gasteiger partial charge in [0, 0.05) is 51.3 Å². The van der Waals surface area contributed by atoms with Gasteiger partial charge >= 0.3 is 0 Å². The fourth-order valence-electron chi connectivity index (χ4n) is 10.0. The van der Waals surface area contributed by atoms with Gasteiger partial charge in [-0.2, -0.15) is 0 Å². The van der Waals surface area contributed by atoms with Crippen LogP contribution in [-0.2, 0) is 16.2 Å². The molecule has 0 bridgehead atoms. The highest BCUT2D eigenvalue weighted by Gasteiger charge is 2.33. The Morgan fingerprint density at radius 2 is 1.11 bits per heavy atom. The molecular formula is C71H64N4O. The summed E-state index contributed by atoms with van der Waals surface area (Å²) < 4.78 is 172. The highest BCUT2D eigenvalue weighted by molar-refractivity contribution is 6.11. The zero-order valence-corrected chi connectivity index (χ0v) is 43.5. The Balaban J connectivity index is 1.06. The first-order valence-electron chi connectivity index (χ1n) is 34.2. The average Bonchev–Trinajstić information content (AvgIpc) is 1.52. The average molecular weight is 1010 g/mol. The van der Waals surface area contributed by atoms with Crippen LogP contribution in [0.5, 0.6) is 11.5 Å². The molecule has 76 heavy (non-hydrogen) atoms. The smallest absolute Gasteiger partial charge is 0.137 e. The molecule has 5 heteroatoms. The lowest BCUT2D eigenvalue weighted by Gasteiger charge is -2.29. The van der Waals surface area contributed by atoms with Crippen molar-refractivity contribution in [2.24, 2.45) is 0 Å². The molecule has 0 saturated carbocycles. The summed E-state index contributed by atoms with van der Waals surface area (Å²) in [6.45, 7) is 16.3. The van der Waals surface area contributed by atoms with Gasteiger partial charge < -0.3 is 14.5 Å². The second-order valence-corrected chi connectivity index (χ2v) is 21.6. The molecule has 0 radical (unpaired) electrons. The molecule has 11 aromatic rings. The lowest BCUT2D eigenvalue weighted by Crippen LogP contribution is -2.25. The summed E-state index contributed by atoms with van der Waals surface area (Å²) in [4.78, 5) is 8.27. The van der Waals surface area contributed by atoms with Crippen molar-refractivity contribution in [3.63, 3.8) is 0 Å². The van der Waals surface area contributed by atoms with Crippen molar-refractivity contribution in [2.45, 2.75) is 71.6 Å². The molecule has 9 aromatic carbocycles. The highest BCUT2D eigenvalue weighted by Crippen LogP contribution is 2.51. The molecule has 2 aromatic heterocycles. The summed E-state index contributed by atoms with van der Waals surface area (Å²) in [5, 5.41) is 0.316. The van der Waals surface area contributed by atoms with E-state index >= 15 is 0 Å². The Kier molecular flexibility index (Phi) is 7.95. The van der Waals surface area contributed by atoms with Crippen molar-refractivity contribution in [3.8, 4) is 50.7 Å². The van der Waals surface area contributed by atoms with E-state index < -0.39 is 96.2 Å². The van der Waals surface area contributed by atoms with E-state index in [4.69, 9.17) is 17.1 Å². The Morgan fingerprint density at radius 1 is 0.461 bits per heavy atom. The summed E-state index contributed by atoms with van der Waals surface area (Å²) in [5.41, 5.74) is 5.15. The number of nitrogens with zero attached hydrogens (tertiary/aromatic N) is 4. The van der Waals surface area contributed by atoms with Crippen LogP contribution in [-0.4, -0.2) is 16.2 Å². The monoisotopic (exact) mass is 1010 g/mol. The Labute approximate surface area is 473 Å². The third-order valence-corrected chi connectivity index (χ3v) is 14.2. The molecule has 374 valence electrons. The lowest BCUT2D eigenvalue weighted by atomic mass is 9.78. The number of aromatic nitrogens is 2. The van der Waals surface area contributed by atoms with Crippen LogP contribution in [0.2, 0.25) is 0 Å². The van der Waals surface area contributed by atoms with Crippen molar-refractivity contribution in [1.82, 2.24) is 9.55 Å². The Bertz CT molecular complexity index is 4940. The maximum atomic E-state index is 9.94. The van der Waals surface area contributed by atoms with Gasteiger partial charge in [0.25, 0.3) is 0 Å². The molecule has 0 spiro atoms. The Hall–Kier alpha value is -8.67. The molecule has 1 aliphatic heterocycles. The first-order valence-corrected chi connectivity index (χ1v) is 25.2. The summed E-state index contributed by atoms with van der Waals surface area (Å²) in [5.74, 6) is -0.743. The molecular weight excluding hydrogens is 925 g/mol. The van der Waals surface area contributed by atoms with E-state index in [2.05, 4.69) is 64.7 Å². The fourth-order valence-corrected chi connectivity index (χ4v) is 10.0. The van der Waals surface area contributed by atoms with E-state index in [0.29, 0.717) is 28.2 Å². The van der Waals surface area contributed by atoms with E-state index in [1.807, 2.05) is 73.3 Å². The quantitative estimate of drug-likeness (QED) is 0.137. The van der Waals surface area contributed by atoms with Gasteiger partial charge in [0.05, 0.1) is 52.8 Å². The van der Waals surface area contributed by atoms with Gasteiger partial charge in [0.1, 0.15) is 24.0 Å². The van der Waals surface area contributed by atoms with Crippen LogP contribution in [0.3, 0.4) is 0 Å². The summed E-state index contributed by atoms with van der Waals surface area (Å²) in [6.07, 6.45) is -0.472. The number of rotatable bonds is 10. The topological polar surface area (TPSA) is 33.5 Å². The van der Waals surface area contributed by atoms with Gasteiger partial charge in [-0.15, -0.1) is 0 Å². The minimum absolute atomic E-state index is 0.0316. The second kappa shape index (κ2) is 18.9. The molecule has 0 amide bonds. The number of pyridine rings is 1. The van der Waals surface area contributed by atoms with Crippen LogP contribution in [0.15, 0.2) is 230 Å². The SMILES string of the molecule is [2H]c1nc(-n2c3ccc(-c4c([2H])c([2H])c([2H])c([2H])c4[2H])cc3c3c([2H])c([2H])c(Oc4cc(N5CN(c6c(-c7cc(C(C)(C)C)cc(C(C)(C)C)c7)cccc6-c6c([2H])c([2H])c([2H])c([2H])c6[2H])c6ccccc65)c([2H])c([2H])c4[2H])cc32)c([2H])c(C(C)(C)c2ccccc2)c1[2H]. The highest BCUT2D eigenvalue weighted by atomic mass is 16.5. The maximum absolute atomic E-state index is 9.94. The van der Waals surface area contributed by atoms with E-state index in [0.717, 1.165) is 22.3 Å². The molecule has 0 aliphatic carbocycles. The molecule has 3 heterocycles. The number of fused-ring (bicyclic) bond motifs is 4. The van der Waals surface area contributed by atoms with Crippen LogP contribution in [0.1, 0.15) is 102 Å². The Morgan fingerprint density at radius 3 is 1.80 bits per heavy atom. The zero-order valence-electron chi connectivity index (χ0n) is 61.5. The standard InChI is InChI=1S/C71H64N4O/c1-69(2,3)54-40-51(41-55(43-54)70(4,5)6)60-31-21-30-59(49-24-14-10-15-25-49)68(60)74-47-73(64-32-18-19-33-65(64)74)56-28-20-29-57(45-56)76-58-35-36-61-62-42-50(48-22-12-9-13-23-48)34-37-63(62)75(66(61)46-58)67-44-53(38-39-72-67)71(7,8)52-26-16-11-17-27-52/h9-46H,47H2,1-8H3/i9D,10D,12D,13D,14D,15D,20D,22D,23D,24D,25D,28D,29D,35D,36D,38D,39D,44D. The first-order chi connectivity index (χ1) is 44.2. The number of benzene rings is 9. The molecule has 0 fully saturated rings. The fraction of sp³-hybridized carbons (Fsp3) is 0.169. The number of anilines is 4. The van der Waals surface area contributed by atoms with Crippen molar-refractivity contribution in [3.05, 3.63) is 252 Å². The predicted octanol–water partition coefficient (Wildman–Crippen LogP) is 19.1. The zero-order chi connectivity index (χ0) is 68.0. The molecule has 12 rings (SSSR count). The number of hydrogen-bond donors (Lipinski definition) is 0. The van der Waals surface area contributed by atoms with E-state index in [9.17, 15) is 12.3 Å². The minimum atomic E-state index is -1.05. The molecule has 0 atom stereocenters. The number of hydrogen-bond acceptors (Lipinski definition) is 4. The van der Waals surface area contributed by atoms with Crippen LogP contribution in [0.25, 0.3) is 61.0 Å². The van der Waals surface area contributed by atoms with Gasteiger partial charge in [-0.25, -0.2) is 4.98 Å². The largest absolute Gasteiger partial charge is 0.457 e. The predicted molar refractivity (Wildman–Crippen MR) is 319 cm³/mol. The summed E-state index contributed by atoms with van der Waals surface area (Å²) in [6, 6.07) is 27.8. The van der Waals surface area contributed by atoms with Crippen LogP contribution < -0.4 is 14.5 Å². The van der Waals surface area contributed by atoms with Gasteiger partial charge in [0.2, 0.25) is 0 Å². The van der Waals surface area contributed by atoms with Gasteiger partial charge in [-0.1, -0.05) is 207 Å². The number of para-hydroxylation sites is 3. The van der Waals surface area contributed by atoms with Gasteiger partial charge in [-0.3, -0.25) is 4.57 Å². The second-order valence-electron chi connectivity index (χ2n) is 21.6. The van der Waals surface area contributed by atoms with Crippen molar-refractivity contribution < 1.29 is 29.4 Å². The normalized spacial score (nSPS) is 16.2. The summed E-state index contributed by atoms with van der Waals surface area (Å²) >= 11 is 0. The van der Waals surface area contributed by atoms with Gasteiger partial charge in [-0.05, 0) is 116 Å². The van der Waals surface area contributed by atoms with Crippen molar-refractivity contribution in [1.29, 1.82) is 0 Å². The first kappa shape index (κ1) is 31.9. The van der Waals surface area contributed by atoms with E-state index in [-0.39, 0.29) is 103 Å². The molecule has 0 N–H and O–H groups in total. The van der Waals surface area contributed by atoms with Crippen molar-refractivity contribution >= 4 is 44.6 Å².